The van der Waals surface area contributed by atoms with Crippen molar-refractivity contribution in [3.63, 3.8) is 0 Å². The summed E-state index contributed by atoms with van der Waals surface area (Å²) in [6.07, 6.45) is 2.37. The molecule has 1 aromatic heterocycles. The van der Waals surface area contributed by atoms with Crippen LogP contribution in [-0.4, -0.2) is 22.4 Å². The molecule has 0 aliphatic carbocycles. The molecule has 1 unspecified atom stereocenters. The zero-order chi connectivity index (χ0) is 8.55. The van der Waals surface area contributed by atoms with Crippen molar-refractivity contribution in [3.05, 3.63) is 12.3 Å². The standard InChI is InChI=1S/C7H9N3O2/c8-6-1-3-10(9-6)5-2-4-12-7(5)11/h1,3,5H,2,4H2,(H2,8,9). The summed E-state index contributed by atoms with van der Waals surface area (Å²) in [7, 11) is 0. The van der Waals surface area contributed by atoms with Crippen molar-refractivity contribution in [3.8, 4) is 0 Å². The van der Waals surface area contributed by atoms with Gasteiger partial charge in [-0.2, -0.15) is 5.10 Å². The highest BCUT2D eigenvalue weighted by atomic mass is 16.5. The largest absolute Gasteiger partial charge is 0.464 e. The number of carbonyl (C=O) groups is 1. The molecule has 12 heavy (non-hydrogen) atoms. The van der Waals surface area contributed by atoms with Crippen LogP contribution in [0.1, 0.15) is 12.5 Å². The first-order valence-corrected chi connectivity index (χ1v) is 3.74. The van der Waals surface area contributed by atoms with E-state index in [0.717, 1.165) is 0 Å². The highest BCUT2D eigenvalue weighted by Gasteiger charge is 2.28. The van der Waals surface area contributed by atoms with Crippen LogP contribution in [0, 0.1) is 0 Å². The number of esters is 1. The molecule has 5 nitrogen and oxygen atoms in total. The van der Waals surface area contributed by atoms with Crippen LogP contribution in [0.4, 0.5) is 5.82 Å². The molecule has 0 radical (unpaired) electrons. The average Bonchev–Trinajstić information content (AvgIpc) is 2.58. The first kappa shape index (κ1) is 7.15. The molecule has 64 valence electrons. The van der Waals surface area contributed by atoms with Crippen molar-refractivity contribution in [1.29, 1.82) is 0 Å². The predicted octanol–water partition coefficient (Wildman–Crippen LogP) is -0.0467. The molecule has 0 amide bonds. The third-order valence-electron chi connectivity index (χ3n) is 1.86. The molecule has 0 bridgehead atoms. The third kappa shape index (κ3) is 1.03. The first-order chi connectivity index (χ1) is 5.77. The van der Waals surface area contributed by atoms with Gasteiger partial charge in [-0.1, -0.05) is 0 Å². The number of hydrogen-bond acceptors (Lipinski definition) is 4. The molecule has 0 saturated carbocycles. The van der Waals surface area contributed by atoms with E-state index in [1.165, 1.54) is 0 Å². The van der Waals surface area contributed by atoms with Crippen LogP contribution >= 0.6 is 0 Å². The molecule has 1 aromatic rings. The molecule has 2 rings (SSSR count). The van der Waals surface area contributed by atoms with Crippen LogP contribution in [0.3, 0.4) is 0 Å². The Hall–Kier alpha value is -1.52. The van der Waals surface area contributed by atoms with E-state index in [4.69, 9.17) is 10.5 Å². The van der Waals surface area contributed by atoms with Crippen molar-refractivity contribution >= 4 is 11.8 Å². The summed E-state index contributed by atoms with van der Waals surface area (Å²) in [5.74, 6) is 0.202. The number of anilines is 1. The Bertz CT molecular complexity index is 307. The first-order valence-electron chi connectivity index (χ1n) is 3.74. The highest BCUT2D eigenvalue weighted by molar-refractivity contribution is 5.75. The average molecular weight is 167 g/mol. The zero-order valence-corrected chi connectivity index (χ0v) is 6.43. The fourth-order valence-corrected chi connectivity index (χ4v) is 1.25. The summed E-state index contributed by atoms with van der Waals surface area (Å²) < 4.78 is 6.33. The van der Waals surface area contributed by atoms with Crippen molar-refractivity contribution in [2.75, 3.05) is 12.3 Å². The molecule has 2 heterocycles. The molecule has 1 saturated heterocycles. The maximum Gasteiger partial charge on any atom is 0.331 e. The van der Waals surface area contributed by atoms with Gasteiger partial charge in [0.15, 0.2) is 6.04 Å². The number of nitrogens with zero attached hydrogens (tertiary/aromatic N) is 2. The SMILES string of the molecule is Nc1ccn(C2CCOC2=O)n1. The van der Waals surface area contributed by atoms with Gasteiger partial charge in [0.1, 0.15) is 5.82 Å². The Morgan fingerprint density at radius 1 is 1.75 bits per heavy atom. The Balaban J connectivity index is 2.24. The number of hydrogen-bond donors (Lipinski definition) is 1. The maximum absolute atomic E-state index is 11.1. The minimum absolute atomic E-state index is 0.224. The summed E-state index contributed by atoms with van der Waals surface area (Å²) >= 11 is 0. The van der Waals surface area contributed by atoms with Crippen LogP contribution in [0.25, 0.3) is 0 Å². The van der Waals surface area contributed by atoms with E-state index in [1.807, 2.05) is 0 Å². The highest BCUT2D eigenvalue weighted by Crippen LogP contribution is 2.19. The molecular weight excluding hydrogens is 158 g/mol. The van der Waals surface area contributed by atoms with Gasteiger partial charge in [0.2, 0.25) is 0 Å². The number of cyclic esters (lactones) is 1. The summed E-state index contributed by atoms with van der Waals surface area (Å²) in [5.41, 5.74) is 5.41. The van der Waals surface area contributed by atoms with Crippen LogP contribution < -0.4 is 5.73 Å². The zero-order valence-electron chi connectivity index (χ0n) is 6.43. The monoisotopic (exact) mass is 167 g/mol. The molecular formula is C7H9N3O2. The van der Waals surface area contributed by atoms with Gasteiger partial charge < -0.3 is 10.5 Å². The van der Waals surface area contributed by atoms with E-state index in [0.29, 0.717) is 18.8 Å². The van der Waals surface area contributed by atoms with Crippen LogP contribution in [0.2, 0.25) is 0 Å². The fraction of sp³-hybridized carbons (Fsp3) is 0.429. The molecule has 5 heteroatoms. The fourth-order valence-electron chi connectivity index (χ4n) is 1.25. The second kappa shape index (κ2) is 2.51. The Labute approximate surface area is 69.1 Å². The van der Waals surface area contributed by atoms with Crippen LogP contribution in [0.15, 0.2) is 12.3 Å². The van der Waals surface area contributed by atoms with E-state index >= 15 is 0 Å². The quantitative estimate of drug-likeness (QED) is 0.595. The molecule has 1 atom stereocenters. The smallest absolute Gasteiger partial charge is 0.331 e. The van der Waals surface area contributed by atoms with Crippen molar-refractivity contribution < 1.29 is 9.53 Å². The minimum atomic E-state index is -0.276. The van der Waals surface area contributed by atoms with Gasteiger partial charge in [0.05, 0.1) is 6.61 Å². The van der Waals surface area contributed by atoms with E-state index in [-0.39, 0.29) is 12.0 Å². The molecule has 2 N–H and O–H groups in total. The van der Waals surface area contributed by atoms with Gasteiger partial charge in [-0.25, -0.2) is 4.79 Å². The Morgan fingerprint density at radius 2 is 2.58 bits per heavy atom. The van der Waals surface area contributed by atoms with Gasteiger partial charge in [-0.15, -0.1) is 0 Å². The number of nitrogen functional groups attached to an aromatic ring is 1. The van der Waals surface area contributed by atoms with E-state index in [1.54, 1.807) is 16.9 Å². The minimum Gasteiger partial charge on any atom is -0.464 e. The van der Waals surface area contributed by atoms with Gasteiger partial charge in [0.25, 0.3) is 0 Å². The molecule has 1 aliphatic heterocycles. The summed E-state index contributed by atoms with van der Waals surface area (Å²) in [6.45, 7) is 0.475. The van der Waals surface area contributed by atoms with Gasteiger partial charge in [-0.05, 0) is 6.07 Å². The predicted molar refractivity (Wildman–Crippen MR) is 41.3 cm³/mol. The second-order valence-corrected chi connectivity index (χ2v) is 2.69. The normalized spacial score (nSPS) is 22.7. The number of nitrogens with two attached hydrogens (primary N) is 1. The lowest BCUT2D eigenvalue weighted by molar-refractivity contribution is -0.140. The van der Waals surface area contributed by atoms with Crippen LogP contribution in [0.5, 0.6) is 0 Å². The lowest BCUT2D eigenvalue weighted by Gasteiger charge is -2.03. The van der Waals surface area contributed by atoms with Gasteiger partial charge in [-0.3, -0.25) is 4.68 Å². The van der Waals surface area contributed by atoms with Crippen molar-refractivity contribution in [1.82, 2.24) is 9.78 Å². The summed E-state index contributed by atoms with van der Waals surface area (Å²) in [5, 5.41) is 3.94. The lowest BCUT2D eigenvalue weighted by atomic mass is 10.3. The van der Waals surface area contributed by atoms with E-state index in [2.05, 4.69) is 5.10 Å². The Morgan fingerprint density at radius 3 is 3.08 bits per heavy atom. The molecule has 0 spiro atoms. The lowest BCUT2D eigenvalue weighted by Crippen LogP contribution is -2.14. The number of rotatable bonds is 1. The molecule has 1 fully saturated rings. The van der Waals surface area contributed by atoms with Gasteiger partial charge >= 0.3 is 5.97 Å². The van der Waals surface area contributed by atoms with Crippen LogP contribution in [-0.2, 0) is 9.53 Å². The summed E-state index contributed by atoms with van der Waals surface area (Å²) in [6, 6.07) is 1.38. The third-order valence-corrected chi connectivity index (χ3v) is 1.86. The number of ether oxygens (including phenoxy) is 1. The van der Waals surface area contributed by atoms with E-state index < -0.39 is 0 Å². The molecule has 0 aromatic carbocycles. The molecule has 1 aliphatic rings. The van der Waals surface area contributed by atoms with Crippen molar-refractivity contribution in [2.45, 2.75) is 12.5 Å². The van der Waals surface area contributed by atoms with E-state index in [9.17, 15) is 4.79 Å². The van der Waals surface area contributed by atoms with Crippen molar-refractivity contribution in [2.24, 2.45) is 0 Å². The second-order valence-electron chi connectivity index (χ2n) is 2.69. The van der Waals surface area contributed by atoms with Gasteiger partial charge in [0, 0.05) is 12.6 Å². The number of aromatic nitrogens is 2. The maximum atomic E-state index is 11.1. The Kier molecular flexibility index (Phi) is 1.49. The number of carbonyl (C=O) groups excluding carboxylic acids is 1. The topological polar surface area (TPSA) is 70.1 Å². The summed E-state index contributed by atoms with van der Waals surface area (Å²) in [4.78, 5) is 11.1.